The van der Waals surface area contributed by atoms with Crippen molar-refractivity contribution in [2.75, 3.05) is 19.0 Å². The summed E-state index contributed by atoms with van der Waals surface area (Å²) in [5, 5.41) is 11.2. The second-order valence-corrected chi connectivity index (χ2v) is 9.88. The molecule has 32 heavy (non-hydrogen) atoms. The average Bonchev–Trinajstić information content (AvgIpc) is 3.18. The Morgan fingerprint density at radius 2 is 1.97 bits per heavy atom. The lowest BCUT2D eigenvalue weighted by Crippen LogP contribution is -2.35. The number of ether oxygens (including phenoxy) is 2. The number of carbonyl (C=O) groups is 2. The largest absolute Gasteiger partial charge is 0.457 e. The van der Waals surface area contributed by atoms with Crippen LogP contribution in [0.15, 0.2) is 41.5 Å². The van der Waals surface area contributed by atoms with Gasteiger partial charge in [-0.2, -0.15) is 0 Å². The number of carbonyl (C=O) groups excluding carboxylic acids is 2. The maximum atomic E-state index is 12.6. The van der Waals surface area contributed by atoms with Crippen molar-refractivity contribution in [2.24, 2.45) is 17.8 Å². The Labute approximate surface area is 189 Å². The van der Waals surface area contributed by atoms with Gasteiger partial charge in [0.25, 0.3) is 0 Å². The maximum Gasteiger partial charge on any atom is 0.331 e. The van der Waals surface area contributed by atoms with E-state index in [9.17, 15) is 14.7 Å². The fourth-order valence-corrected chi connectivity index (χ4v) is 5.44. The lowest BCUT2D eigenvalue weighted by molar-refractivity contribution is -0.143. The summed E-state index contributed by atoms with van der Waals surface area (Å²) < 4.78 is 11.5. The van der Waals surface area contributed by atoms with Gasteiger partial charge in [-0.3, -0.25) is 4.79 Å². The van der Waals surface area contributed by atoms with Crippen LogP contribution in [0.3, 0.4) is 0 Å². The molecule has 6 nitrogen and oxygen atoms in total. The molecule has 1 aromatic carbocycles. The predicted octanol–water partition coefficient (Wildman–Crippen LogP) is 3.74. The van der Waals surface area contributed by atoms with Crippen LogP contribution in [-0.4, -0.2) is 48.9 Å². The molecular weight excluding hydrogens is 406 g/mol. The van der Waals surface area contributed by atoms with Crippen molar-refractivity contribution in [3.8, 4) is 0 Å². The highest BCUT2D eigenvalue weighted by Crippen LogP contribution is 2.52. The van der Waals surface area contributed by atoms with E-state index < -0.39 is 17.7 Å². The third kappa shape index (κ3) is 4.08. The van der Waals surface area contributed by atoms with Crippen molar-refractivity contribution in [2.45, 2.75) is 57.8 Å². The minimum atomic E-state index is -0.918. The molecule has 2 fully saturated rings. The Balaban J connectivity index is 1.51. The van der Waals surface area contributed by atoms with Crippen LogP contribution in [0.1, 0.15) is 45.6 Å². The number of hydrogen-bond acceptors (Lipinski definition) is 6. The molecular formula is C26H33NO5. The quantitative estimate of drug-likeness (QED) is 0.438. The first-order valence-corrected chi connectivity index (χ1v) is 11.4. The molecule has 1 aliphatic heterocycles. The molecule has 0 amide bonds. The molecule has 172 valence electrons. The molecule has 0 aromatic heterocycles. The smallest absolute Gasteiger partial charge is 0.331 e. The number of benzene rings is 1. The first kappa shape index (κ1) is 22.6. The lowest BCUT2D eigenvalue weighted by Gasteiger charge is -2.31. The van der Waals surface area contributed by atoms with Crippen molar-refractivity contribution < 1.29 is 24.2 Å². The molecule has 3 aliphatic rings. The zero-order valence-electron chi connectivity index (χ0n) is 19.5. The van der Waals surface area contributed by atoms with Gasteiger partial charge in [-0.15, -0.1) is 0 Å². The molecule has 0 bridgehead atoms. The van der Waals surface area contributed by atoms with Crippen molar-refractivity contribution >= 4 is 23.7 Å². The van der Waals surface area contributed by atoms with Gasteiger partial charge in [0.2, 0.25) is 0 Å². The van der Waals surface area contributed by atoms with Gasteiger partial charge in [-0.1, -0.05) is 19.1 Å². The Morgan fingerprint density at radius 1 is 1.28 bits per heavy atom. The third-order valence-electron chi connectivity index (χ3n) is 7.53. The highest BCUT2D eigenvalue weighted by Gasteiger charge is 2.55. The summed E-state index contributed by atoms with van der Waals surface area (Å²) in [7, 11) is 3.96. The molecule has 1 aromatic rings. The summed E-state index contributed by atoms with van der Waals surface area (Å²) >= 11 is 0. The molecule has 1 saturated heterocycles. The number of hydrogen-bond donors (Lipinski definition) is 1. The Morgan fingerprint density at radius 3 is 2.62 bits per heavy atom. The molecule has 1 unspecified atom stereocenters. The summed E-state index contributed by atoms with van der Waals surface area (Å²) in [5.41, 5.74) is 2.95. The van der Waals surface area contributed by atoms with Crippen LogP contribution in [0, 0.1) is 17.8 Å². The summed E-state index contributed by atoms with van der Waals surface area (Å²) in [4.78, 5) is 26.8. The monoisotopic (exact) mass is 439 g/mol. The van der Waals surface area contributed by atoms with Gasteiger partial charge in [-0.25, -0.2) is 4.79 Å². The normalized spacial score (nSPS) is 34.2. The van der Waals surface area contributed by atoms with E-state index in [0.29, 0.717) is 12.8 Å². The summed E-state index contributed by atoms with van der Waals surface area (Å²) in [6, 6.07) is 7.89. The van der Waals surface area contributed by atoms with Crippen LogP contribution >= 0.6 is 0 Å². The number of rotatable bonds is 4. The van der Waals surface area contributed by atoms with E-state index in [1.54, 1.807) is 6.08 Å². The van der Waals surface area contributed by atoms with Crippen LogP contribution in [-0.2, 0) is 19.1 Å². The van der Waals surface area contributed by atoms with Gasteiger partial charge in [0, 0.05) is 37.7 Å². The van der Waals surface area contributed by atoms with Crippen LogP contribution in [0.5, 0.6) is 0 Å². The molecule has 6 heteroatoms. The van der Waals surface area contributed by atoms with Crippen molar-refractivity contribution in [3.63, 3.8) is 0 Å². The highest BCUT2D eigenvalue weighted by atomic mass is 16.6. The van der Waals surface area contributed by atoms with Gasteiger partial charge < -0.3 is 19.5 Å². The molecule has 2 aliphatic carbocycles. The van der Waals surface area contributed by atoms with Crippen LogP contribution in [0.4, 0.5) is 5.69 Å². The summed E-state index contributed by atoms with van der Waals surface area (Å²) in [5.74, 6) is -0.905. The van der Waals surface area contributed by atoms with Crippen LogP contribution in [0.25, 0.3) is 6.08 Å². The fraction of sp³-hybridized carbons (Fsp3) is 0.538. The standard InChI is InChI=1S/C26H33NO5/c1-15-19-12-13-26(3,30)20-14-21(16(2)23(20)24(19)32-25(15)29)31-22(28)11-8-17-6-9-18(10-7-17)27(4)5/h6-11,15,19-21,24,30H,12-14H2,1-5H3/b11-8+/t15-,19-,20?,21-,24-,26+/m0/s1. The van der Waals surface area contributed by atoms with Gasteiger partial charge in [0.05, 0.1) is 11.5 Å². The number of fused-ring (bicyclic) bond motifs is 3. The van der Waals surface area contributed by atoms with E-state index in [0.717, 1.165) is 28.8 Å². The zero-order valence-corrected chi connectivity index (χ0v) is 19.5. The van der Waals surface area contributed by atoms with E-state index in [2.05, 4.69) is 0 Å². The number of esters is 2. The number of aliphatic hydroxyl groups is 1. The molecule has 4 rings (SSSR count). The van der Waals surface area contributed by atoms with Crippen molar-refractivity contribution in [1.82, 2.24) is 0 Å². The first-order chi connectivity index (χ1) is 15.1. The van der Waals surface area contributed by atoms with E-state index >= 15 is 0 Å². The van der Waals surface area contributed by atoms with Gasteiger partial charge in [0.15, 0.2) is 0 Å². The minimum absolute atomic E-state index is 0.0587. The Kier molecular flexibility index (Phi) is 5.93. The molecule has 1 heterocycles. The molecule has 0 radical (unpaired) electrons. The second kappa shape index (κ2) is 8.39. The van der Waals surface area contributed by atoms with E-state index in [1.807, 2.05) is 64.0 Å². The molecule has 6 atom stereocenters. The Bertz CT molecular complexity index is 959. The van der Waals surface area contributed by atoms with Crippen molar-refractivity contribution in [3.05, 3.63) is 47.1 Å². The summed E-state index contributed by atoms with van der Waals surface area (Å²) in [6.45, 7) is 5.69. The van der Waals surface area contributed by atoms with Crippen LogP contribution < -0.4 is 4.90 Å². The van der Waals surface area contributed by atoms with E-state index in [-0.39, 0.29) is 29.8 Å². The maximum absolute atomic E-state index is 12.6. The summed E-state index contributed by atoms with van der Waals surface area (Å²) in [6.07, 6.45) is 4.28. The minimum Gasteiger partial charge on any atom is -0.457 e. The third-order valence-corrected chi connectivity index (χ3v) is 7.53. The molecule has 0 spiro atoms. The Hall–Kier alpha value is -2.60. The number of nitrogens with zero attached hydrogens (tertiary/aromatic N) is 1. The molecule has 1 saturated carbocycles. The molecule has 1 N–H and O–H groups in total. The van der Waals surface area contributed by atoms with E-state index in [4.69, 9.17) is 9.47 Å². The van der Waals surface area contributed by atoms with Gasteiger partial charge >= 0.3 is 11.9 Å². The highest BCUT2D eigenvalue weighted by molar-refractivity contribution is 5.87. The van der Waals surface area contributed by atoms with Gasteiger partial charge in [0.1, 0.15) is 12.2 Å². The number of anilines is 1. The SMILES string of the molecule is CC1=C2C(C[C@@H]1OC(=O)/C=C/c1ccc(N(C)C)cc1)[C@](C)(O)CC[C@H]1[C@H](C)C(=O)O[C@H]21. The topological polar surface area (TPSA) is 76.1 Å². The van der Waals surface area contributed by atoms with Crippen molar-refractivity contribution in [1.29, 1.82) is 0 Å². The predicted molar refractivity (Wildman–Crippen MR) is 123 cm³/mol. The lowest BCUT2D eigenvalue weighted by atomic mass is 9.81. The second-order valence-electron chi connectivity index (χ2n) is 9.88. The zero-order chi connectivity index (χ0) is 23.2. The average molecular weight is 440 g/mol. The van der Waals surface area contributed by atoms with Crippen LogP contribution in [0.2, 0.25) is 0 Å². The van der Waals surface area contributed by atoms with Gasteiger partial charge in [-0.05, 0) is 68.0 Å². The van der Waals surface area contributed by atoms with E-state index in [1.165, 1.54) is 6.08 Å². The fourth-order valence-electron chi connectivity index (χ4n) is 5.44. The first-order valence-electron chi connectivity index (χ1n) is 11.4.